The number of carbonyl (C=O) groups excluding carboxylic acids is 1. The smallest absolute Gasteiger partial charge is 0.252 e. The molecule has 0 bridgehead atoms. The van der Waals surface area contributed by atoms with Gasteiger partial charge in [-0.05, 0) is 23.3 Å². The minimum Gasteiger partial charge on any atom is -0.372 e. The van der Waals surface area contributed by atoms with Crippen LogP contribution >= 0.6 is 0 Å². The Bertz CT molecular complexity index is 432. The molecule has 0 aliphatic carbocycles. The molecule has 76 valence electrons. The molecule has 0 fully saturated rings. The van der Waals surface area contributed by atoms with E-state index in [1.165, 1.54) is 0 Å². The van der Waals surface area contributed by atoms with Gasteiger partial charge in [0.1, 0.15) is 0 Å². The van der Waals surface area contributed by atoms with Gasteiger partial charge in [0.15, 0.2) is 0 Å². The predicted molar refractivity (Wildman–Crippen MR) is 56.1 cm³/mol. The Labute approximate surface area is 88.4 Å². The molecule has 1 aliphatic heterocycles. The van der Waals surface area contributed by atoms with E-state index in [2.05, 4.69) is 11.2 Å². The molecule has 3 nitrogen and oxygen atoms in total. The number of amides is 1. The van der Waals surface area contributed by atoms with Crippen LogP contribution in [-0.4, -0.2) is 12.5 Å². The second-order valence-electron chi connectivity index (χ2n) is 3.36. The van der Waals surface area contributed by atoms with Crippen molar-refractivity contribution in [2.45, 2.75) is 13.2 Å². The topological polar surface area (TPSA) is 38.3 Å². The highest BCUT2D eigenvalue weighted by molar-refractivity contribution is 5.94. The normalized spacial score (nSPS) is 13.0. The van der Waals surface area contributed by atoms with Crippen molar-refractivity contribution in [2.24, 2.45) is 0 Å². The zero-order chi connectivity index (χ0) is 10.7. The summed E-state index contributed by atoms with van der Waals surface area (Å²) in [6, 6.07) is 5.57. The quantitative estimate of drug-likeness (QED) is 0.727. The van der Waals surface area contributed by atoms with Crippen molar-refractivity contribution in [3.8, 4) is 12.3 Å². The highest BCUT2D eigenvalue weighted by Gasteiger charge is 2.13. The van der Waals surface area contributed by atoms with E-state index in [0.717, 1.165) is 11.1 Å². The Kier molecular flexibility index (Phi) is 2.70. The van der Waals surface area contributed by atoms with Crippen LogP contribution < -0.4 is 5.32 Å². The van der Waals surface area contributed by atoms with E-state index in [-0.39, 0.29) is 12.5 Å². The van der Waals surface area contributed by atoms with Gasteiger partial charge in [0.05, 0.1) is 19.8 Å². The molecule has 1 N–H and O–H groups in total. The van der Waals surface area contributed by atoms with Crippen LogP contribution in [0.4, 0.5) is 0 Å². The summed E-state index contributed by atoms with van der Waals surface area (Å²) in [6.07, 6.45) is 5.06. The molecule has 0 saturated carbocycles. The first kappa shape index (κ1) is 9.75. The number of rotatable bonds is 2. The third-order valence-electron chi connectivity index (χ3n) is 2.33. The summed E-state index contributed by atoms with van der Waals surface area (Å²) in [5.41, 5.74) is 2.88. The van der Waals surface area contributed by atoms with Crippen LogP contribution in [0.5, 0.6) is 0 Å². The maximum Gasteiger partial charge on any atom is 0.252 e. The SMILES string of the molecule is C#CCNC(=O)c1ccc2c(c1)COC2. The predicted octanol–water partition coefficient (Wildman–Crippen LogP) is 1.08. The molecule has 3 heteroatoms. The molecule has 0 saturated heterocycles. The molecule has 0 radical (unpaired) electrons. The number of terminal acetylenes is 1. The van der Waals surface area contributed by atoms with Crippen molar-refractivity contribution >= 4 is 5.91 Å². The zero-order valence-corrected chi connectivity index (χ0v) is 8.25. The van der Waals surface area contributed by atoms with Gasteiger partial charge in [-0.2, -0.15) is 0 Å². The second-order valence-corrected chi connectivity index (χ2v) is 3.36. The first-order valence-electron chi connectivity index (χ1n) is 4.72. The van der Waals surface area contributed by atoms with Gasteiger partial charge in [-0.15, -0.1) is 6.42 Å². The fourth-order valence-electron chi connectivity index (χ4n) is 1.55. The lowest BCUT2D eigenvalue weighted by molar-refractivity contribution is 0.0958. The van der Waals surface area contributed by atoms with Gasteiger partial charge in [-0.1, -0.05) is 12.0 Å². The van der Waals surface area contributed by atoms with Crippen molar-refractivity contribution in [1.29, 1.82) is 0 Å². The fourth-order valence-corrected chi connectivity index (χ4v) is 1.55. The van der Waals surface area contributed by atoms with Crippen LogP contribution in [0.1, 0.15) is 21.5 Å². The van der Waals surface area contributed by atoms with E-state index < -0.39 is 0 Å². The van der Waals surface area contributed by atoms with Crippen molar-refractivity contribution in [1.82, 2.24) is 5.32 Å². The van der Waals surface area contributed by atoms with Gasteiger partial charge in [-0.3, -0.25) is 4.79 Å². The number of benzene rings is 1. The van der Waals surface area contributed by atoms with Crippen molar-refractivity contribution < 1.29 is 9.53 Å². The van der Waals surface area contributed by atoms with Gasteiger partial charge < -0.3 is 10.1 Å². The Balaban J connectivity index is 2.16. The van der Waals surface area contributed by atoms with Crippen LogP contribution in [0.15, 0.2) is 18.2 Å². The van der Waals surface area contributed by atoms with E-state index in [4.69, 9.17) is 11.2 Å². The summed E-state index contributed by atoms with van der Waals surface area (Å²) >= 11 is 0. The van der Waals surface area contributed by atoms with E-state index >= 15 is 0 Å². The molecular weight excluding hydrogens is 190 g/mol. The molecule has 0 aromatic heterocycles. The van der Waals surface area contributed by atoms with Crippen LogP contribution in [0, 0.1) is 12.3 Å². The highest BCUT2D eigenvalue weighted by atomic mass is 16.5. The maximum atomic E-state index is 11.6. The first-order chi connectivity index (χ1) is 7.31. The zero-order valence-electron chi connectivity index (χ0n) is 8.25. The summed E-state index contributed by atoms with van der Waals surface area (Å²) in [5, 5.41) is 2.62. The lowest BCUT2D eigenvalue weighted by Crippen LogP contribution is -2.23. The largest absolute Gasteiger partial charge is 0.372 e. The molecule has 0 spiro atoms. The number of hydrogen-bond acceptors (Lipinski definition) is 2. The molecule has 1 amide bonds. The number of nitrogens with one attached hydrogen (secondary N) is 1. The molecule has 1 aliphatic rings. The minimum atomic E-state index is -0.136. The van der Waals surface area contributed by atoms with Crippen molar-refractivity contribution in [3.05, 3.63) is 34.9 Å². The maximum absolute atomic E-state index is 11.6. The van der Waals surface area contributed by atoms with Crippen LogP contribution in [0.25, 0.3) is 0 Å². The minimum absolute atomic E-state index is 0.136. The number of fused-ring (bicyclic) bond motifs is 1. The lowest BCUT2D eigenvalue weighted by Gasteiger charge is -2.03. The molecule has 15 heavy (non-hydrogen) atoms. The van der Waals surface area contributed by atoms with Crippen LogP contribution in [0.3, 0.4) is 0 Å². The molecular formula is C12H11NO2. The fraction of sp³-hybridized carbons (Fsp3) is 0.250. The highest BCUT2D eigenvalue weighted by Crippen LogP contribution is 2.20. The van der Waals surface area contributed by atoms with Gasteiger partial charge in [0, 0.05) is 5.56 Å². The Morgan fingerprint density at radius 3 is 3.07 bits per heavy atom. The van der Waals surface area contributed by atoms with E-state index in [0.29, 0.717) is 18.8 Å². The Morgan fingerprint density at radius 1 is 1.47 bits per heavy atom. The van der Waals surface area contributed by atoms with Crippen molar-refractivity contribution in [3.63, 3.8) is 0 Å². The number of carbonyl (C=O) groups is 1. The number of hydrogen-bond donors (Lipinski definition) is 1. The summed E-state index contributed by atoms with van der Waals surface area (Å²) < 4.78 is 5.27. The monoisotopic (exact) mass is 201 g/mol. The van der Waals surface area contributed by atoms with E-state index in [1.54, 1.807) is 6.07 Å². The summed E-state index contributed by atoms with van der Waals surface area (Å²) in [7, 11) is 0. The van der Waals surface area contributed by atoms with Gasteiger partial charge in [0.2, 0.25) is 0 Å². The first-order valence-corrected chi connectivity index (χ1v) is 4.72. The summed E-state index contributed by atoms with van der Waals surface area (Å²) in [6.45, 7) is 1.49. The van der Waals surface area contributed by atoms with Crippen LogP contribution in [-0.2, 0) is 18.0 Å². The number of ether oxygens (including phenoxy) is 1. The summed E-state index contributed by atoms with van der Waals surface area (Å²) in [5.74, 6) is 2.23. The average molecular weight is 201 g/mol. The third-order valence-corrected chi connectivity index (χ3v) is 2.33. The van der Waals surface area contributed by atoms with Gasteiger partial charge in [0.25, 0.3) is 5.91 Å². The Morgan fingerprint density at radius 2 is 2.27 bits per heavy atom. The Hall–Kier alpha value is -1.79. The van der Waals surface area contributed by atoms with Gasteiger partial charge >= 0.3 is 0 Å². The molecule has 2 rings (SSSR count). The molecule has 1 aromatic rings. The average Bonchev–Trinajstić information content (AvgIpc) is 2.72. The van der Waals surface area contributed by atoms with Gasteiger partial charge in [-0.25, -0.2) is 0 Å². The molecule has 0 unspecified atom stereocenters. The standard InChI is InChI=1S/C12H11NO2/c1-2-5-13-12(14)9-3-4-10-7-15-8-11(10)6-9/h1,3-4,6H,5,7-8H2,(H,13,14). The summed E-state index contributed by atoms with van der Waals surface area (Å²) in [4.78, 5) is 11.6. The molecule has 1 heterocycles. The van der Waals surface area contributed by atoms with Crippen molar-refractivity contribution in [2.75, 3.05) is 6.54 Å². The third kappa shape index (κ3) is 2.00. The molecule has 0 atom stereocenters. The van der Waals surface area contributed by atoms with Crippen LogP contribution in [0.2, 0.25) is 0 Å². The lowest BCUT2D eigenvalue weighted by atomic mass is 10.1. The molecule has 1 aromatic carbocycles. The van der Waals surface area contributed by atoms with E-state index in [9.17, 15) is 4.79 Å². The second kappa shape index (κ2) is 4.16. The van der Waals surface area contributed by atoms with E-state index in [1.807, 2.05) is 12.1 Å².